The van der Waals surface area contributed by atoms with Gasteiger partial charge in [0.25, 0.3) is 0 Å². The Labute approximate surface area is 194 Å². The lowest BCUT2D eigenvalue weighted by atomic mass is 9.93. The lowest BCUT2D eigenvalue weighted by molar-refractivity contribution is -0.295. The van der Waals surface area contributed by atoms with E-state index in [-0.39, 0.29) is 36.3 Å². The fraction of sp³-hybridized carbons (Fsp3) is 0.760. The lowest BCUT2D eigenvalue weighted by Gasteiger charge is -2.44. The highest BCUT2D eigenvalue weighted by Gasteiger charge is 2.47. The van der Waals surface area contributed by atoms with Crippen molar-refractivity contribution in [2.75, 3.05) is 35.5 Å². The van der Waals surface area contributed by atoms with Crippen LogP contribution in [0, 0.1) is 11.8 Å². The van der Waals surface area contributed by atoms with E-state index in [2.05, 4.69) is 13.8 Å². The zero-order valence-electron chi connectivity index (χ0n) is 21.2. The molecule has 0 amide bonds. The smallest absolute Gasteiger partial charge is 0.186 e. The topological polar surface area (TPSA) is 75.6 Å². The van der Waals surface area contributed by atoms with Crippen molar-refractivity contribution in [3.05, 3.63) is 36.0 Å². The summed E-state index contributed by atoms with van der Waals surface area (Å²) in [6, 6.07) is 0. The van der Waals surface area contributed by atoms with E-state index in [1.807, 2.05) is 44.2 Å². The summed E-state index contributed by atoms with van der Waals surface area (Å²) in [6.07, 6.45) is 8.25. The molecular formula is C25H44O7. The highest BCUT2D eigenvalue weighted by molar-refractivity contribution is 5.19. The van der Waals surface area contributed by atoms with Crippen molar-refractivity contribution >= 4 is 0 Å². The average molecular weight is 457 g/mol. The standard InChI is InChI=1S/C25H44O7/c1-10-20(27-5)17(3)14-15-19(26)16(2)12-11-13-18(4)21-22(28-6)23(29-7)24(30-8)25(31-9)32-21/h11-17,19-26H,10H2,1-9H3/b12-11+,15-14+,18-13+/t16-,17-,19-,20-,21+,22+,23-,24+,25-/m0/s1. The van der Waals surface area contributed by atoms with Crippen molar-refractivity contribution in [2.45, 2.75) is 77.0 Å². The van der Waals surface area contributed by atoms with Crippen molar-refractivity contribution in [3.63, 3.8) is 0 Å². The van der Waals surface area contributed by atoms with Crippen molar-refractivity contribution in [1.29, 1.82) is 0 Å². The van der Waals surface area contributed by atoms with Crippen LogP contribution in [0.5, 0.6) is 0 Å². The quantitative estimate of drug-likeness (QED) is 0.336. The molecule has 1 saturated heterocycles. The van der Waals surface area contributed by atoms with Gasteiger partial charge >= 0.3 is 0 Å². The van der Waals surface area contributed by atoms with Crippen LogP contribution >= 0.6 is 0 Å². The first-order chi connectivity index (χ1) is 15.3. The minimum absolute atomic E-state index is 0.0491. The Balaban J connectivity index is 2.85. The van der Waals surface area contributed by atoms with Crippen LogP contribution < -0.4 is 0 Å². The molecule has 186 valence electrons. The third-order valence-corrected chi connectivity index (χ3v) is 6.21. The van der Waals surface area contributed by atoms with Crippen LogP contribution in [0.4, 0.5) is 0 Å². The summed E-state index contributed by atoms with van der Waals surface area (Å²) in [5.74, 6) is 0.192. The molecule has 9 atom stereocenters. The van der Waals surface area contributed by atoms with Gasteiger partial charge in [-0.25, -0.2) is 0 Å². The molecule has 1 aliphatic rings. The minimum Gasteiger partial charge on any atom is -0.388 e. The number of ether oxygens (including phenoxy) is 6. The maximum absolute atomic E-state index is 10.5. The van der Waals surface area contributed by atoms with E-state index in [9.17, 15) is 5.11 Å². The number of hydrogen-bond donors (Lipinski definition) is 1. The van der Waals surface area contributed by atoms with Crippen molar-refractivity contribution in [2.24, 2.45) is 11.8 Å². The first kappa shape index (κ1) is 29.0. The van der Waals surface area contributed by atoms with Crippen LogP contribution in [0.3, 0.4) is 0 Å². The molecule has 0 aliphatic carbocycles. The van der Waals surface area contributed by atoms with Gasteiger partial charge in [-0.2, -0.15) is 0 Å². The molecule has 7 heteroatoms. The number of methoxy groups -OCH3 is 5. The molecule has 0 spiro atoms. The highest BCUT2D eigenvalue weighted by atomic mass is 16.7. The lowest BCUT2D eigenvalue weighted by Crippen LogP contribution is -2.60. The summed E-state index contributed by atoms with van der Waals surface area (Å²) in [5.41, 5.74) is 0.962. The molecule has 1 rings (SSSR count). The maximum Gasteiger partial charge on any atom is 0.186 e. The van der Waals surface area contributed by atoms with Gasteiger partial charge in [0.15, 0.2) is 6.29 Å². The molecular weight excluding hydrogens is 412 g/mol. The van der Waals surface area contributed by atoms with Crippen LogP contribution in [0.15, 0.2) is 36.0 Å². The molecule has 0 aromatic carbocycles. The van der Waals surface area contributed by atoms with Gasteiger partial charge in [0.2, 0.25) is 0 Å². The summed E-state index contributed by atoms with van der Waals surface area (Å²) in [6.45, 7) is 8.15. The molecule has 0 aromatic heterocycles. The normalized spacial score (nSPS) is 31.2. The second kappa shape index (κ2) is 15.0. The highest BCUT2D eigenvalue weighted by Crippen LogP contribution is 2.31. The van der Waals surface area contributed by atoms with Gasteiger partial charge in [0.1, 0.15) is 24.4 Å². The largest absolute Gasteiger partial charge is 0.388 e. The number of aliphatic hydroxyl groups is 1. The summed E-state index contributed by atoms with van der Waals surface area (Å²) < 4.78 is 34.0. The molecule has 1 aliphatic heterocycles. The summed E-state index contributed by atoms with van der Waals surface area (Å²) in [4.78, 5) is 0. The fourth-order valence-corrected chi connectivity index (χ4v) is 4.07. The van der Waals surface area contributed by atoms with Gasteiger partial charge in [0, 0.05) is 47.4 Å². The monoisotopic (exact) mass is 456 g/mol. The minimum atomic E-state index is -0.576. The van der Waals surface area contributed by atoms with Gasteiger partial charge in [-0.05, 0) is 18.9 Å². The Morgan fingerprint density at radius 1 is 0.875 bits per heavy atom. The van der Waals surface area contributed by atoms with Gasteiger partial charge < -0.3 is 33.5 Å². The Morgan fingerprint density at radius 2 is 1.50 bits per heavy atom. The van der Waals surface area contributed by atoms with Crippen LogP contribution in [0.2, 0.25) is 0 Å². The molecule has 32 heavy (non-hydrogen) atoms. The summed E-state index contributed by atoms with van der Waals surface area (Å²) in [5, 5.41) is 10.5. The second-order valence-electron chi connectivity index (χ2n) is 8.33. The van der Waals surface area contributed by atoms with Crippen LogP contribution in [-0.4, -0.2) is 83.6 Å². The van der Waals surface area contributed by atoms with Gasteiger partial charge in [-0.3, -0.25) is 0 Å². The van der Waals surface area contributed by atoms with E-state index in [1.165, 1.54) is 0 Å². The first-order valence-electron chi connectivity index (χ1n) is 11.3. The van der Waals surface area contributed by atoms with E-state index in [0.29, 0.717) is 0 Å². The van der Waals surface area contributed by atoms with Gasteiger partial charge in [-0.1, -0.05) is 51.2 Å². The molecule has 1 fully saturated rings. The van der Waals surface area contributed by atoms with E-state index in [4.69, 9.17) is 28.4 Å². The molecule has 0 unspecified atom stereocenters. The third kappa shape index (κ3) is 7.76. The molecule has 7 nitrogen and oxygen atoms in total. The predicted molar refractivity (Wildman–Crippen MR) is 126 cm³/mol. The predicted octanol–water partition coefficient (Wildman–Crippen LogP) is 3.52. The molecule has 1 heterocycles. The fourth-order valence-electron chi connectivity index (χ4n) is 4.07. The zero-order valence-corrected chi connectivity index (χ0v) is 21.2. The maximum atomic E-state index is 10.5. The molecule has 0 radical (unpaired) electrons. The molecule has 1 N–H and O–H groups in total. The van der Waals surface area contributed by atoms with Gasteiger partial charge in [0.05, 0.1) is 12.2 Å². The summed E-state index contributed by atoms with van der Waals surface area (Å²) >= 11 is 0. The van der Waals surface area contributed by atoms with Gasteiger partial charge in [-0.15, -0.1) is 0 Å². The van der Waals surface area contributed by atoms with E-state index in [0.717, 1.165) is 12.0 Å². The molecule has 0 aromatic rings. The molecule has 0 saturated carbocycles. The first-order valence-corrected chi connectivity index (χ1v) is 11.3. The zero-order chi connectivity index (χ0) is 24.3. The van der Waals surface area contributed by atoms with Crippen molar-refractivity contribution in [1.82, 2.24) is 0 Å². The SMILES string of the molecule is CC[C@H](OC)[C@@H](C)/C=C/[C@H](O)[C@@H](C)/C=C/C=C(\C)[C@H]1O[C@H](OC)[C@H](OC)[C@@H](OC)[C@@H]1OC. The van der Waals surface area contributed by atoms with Crippen molar-refractivity contribution in [3.8, 4) is 0 Å². The van der Waals surface area contributed by atoms with Crippen LogP contribution in [0.1, 0.15) is 34.1 Å². The number of rotatable bonds is 13. The molecule has 0 bridgehead atoms. The number of allylic oxidation sites excluding steroid dienone is 2. The Kier molecular flexibility index (Phi) is 13.5. The van der Waals surface area contributed by atoms with E-state index in [1.54, 1.807) is 35.5 Å². The number of hydrogen-bond acceptors (Lipinski definition) is 7. The van der Waals surface area contributed by atoms with E-state index < -0.39 is 18.5 Å². The second-order valence-corrected chi connectivity index (χ2v) is 8.33. The average Bonchev–Trinajstić information content (AvgIpc) is 2.81. The Bertz CT molecular complexity index is 599. The third-order valence-electron chi connectivity index (χ3n) is 6.21. The summed E-state index contributed by atoms with van der Waals surface area (Å²) in [7, 11) is 8.17. The van der Waals surface area contributed by atoms with Crippen LogP contribution in [0.25, 0.3) is 0 Å². The van der Waals surface area contributed by atoms with Crippen LogP contribution in [-0.2, 0) is 28.4 Å². The van der Waals surface area contributed by atoms with Crippen molar-refractivity contribution < 1.29 is 33.5 Å². The Morgan fingerprint density at radius 3 is 2.00 bits per heavy atom. The number of aliphatic hydroxyl groups excluding tert-OH is 1. The Hall–Kier alpha value is -1.06. The van der Waals surface area contributed by atoms with E-state index >= 15 is 0 Å².